The van der Waals surface area contributed by atoms with Crippen LogP contribution in [-0.2, 0) is 48.9 Å². The average Bonchev–Trinajstić information content (AvgIpc) is 1.59. The van der Waals surface area contributed by atoms with Gasteiger partial charge < -0.3 is 49.3 Å². The molecule has 0 unspecified atom stereocenters. The molecule has 538 valence electrons. The van der Waals surface area contributed by atoms with Crippen LogP contribution in [0.15, 0.2) is 121 Å². The molecule has 0 radical (unpaired) electrons. The number of nitrogens with zero attached hydrogens (tertiary/aromatic N) is 8. The highest BCUT2D eigenvalue weighted by Gasteiger charge is 2.50. The van der Waals surface area contributed by atoms with Gasteiger partial charge in [0.25, 0.3) is 11.8 Å². The second-order valence-electron chi connectivity index (χ2n) is 25.6. The Morgan fingerprint density at radius 3 is 2.01 bits per heavy atom. The smallest absolute Gasteiger partial charge is 0.416 e. The summed E-state index contributed by atoms with van der Waals surface area (Å²) in [5.41, 5.74) is 0.144. The highest BCUT2D eigenvalue weighted by atomic mass is 35.5. The van der Waals surface area contributed by atoms with E-state index in [0.717, 1.165) is 59.5 Å². The number of benzene rings is 5. The van der Waals surface area contributed by atoms with Gasteiger partial charge in [-0.25, -0.2) is 14.2 Å². The molecule has 10 rings (SSSR count). The van der Waals surface area contributed by atoms with E-state index in [4.69, 9.17) is 9.47 Å². The van der Waals surface area contributed by atoms with Crippen LogP contribution in [0.3, 0.4) is 0 Å². The number of halogens is 10. The van der Waals surface area contributed by atoms with Gasteiger partial charge in [0.1, 0.15) is 29.6 Å². The number of carbonyl (C=O) groups excluding carboxylic acids is 4. The van der Waals surface area contributed by atoms with Crippen LogP contribution >= 0.6 is 48.6 Å². The van der Waals surface area contributed by atoms with Crippen LogP contribution in [0.5, 0.6) is 0 Å². The number of thiazole rings is 1. The first kappa shape index (κ1) is 79.2. The van der Waals surface area contributed by atoms with Crippen LogP contribution in [0.4, 0.5) is 46.3 Å². The van der Waals surface area contributed by atoms with Crippen molar-refractivity contribution < 1.29 is 69.3 Å². The molecule has 4 aliphatic rings. The number of fused-ring (bicyclic) bond motifs is 2. The number of anilines is 2. The van der Waals surface area contributed by atoms with Gasteiger partial charge in [0.05, 0.1) is 35.2 Å². The molecule has 2 N–H and O–H groups in total. The summed E-state index contributed by atoms with van der Waals surface area (Å²) in [6, 6.07) is 31.6. The van der Waals surface area contributed by atoms with Gasteiger partial charge in [-0.05, 0) is 130 Å². The van der Waals surface area contributed by atoms with E-state index >= 15 is 0 Å². The molecule has 5 aromatic carbocycles. The number of carbonyl (C=O) groups is 5. The Labute approximate surface area is 595 Å². The number of aryl methyl sites for hydroxylation is 1. The molecule has 4 heterocycles. The van der Waals surface area contributed by atoms with E-state index in [0.29, 0.717) is 117 Å². The molecule has 3 fully saturated rings. The molecular formula is C71H85Cl3F7N9O8S. The van der Waals surface area contributed by atoms with Crippen molar-refractivity contribution in [1.82, 2.24) is 34.4 Å². The number of carboxylic acid groups (broad SMARTS) is 1. The summed E-state index contributed by atoms with van der Waals surface area (Å²) >= 11 is 1.27. The Kier molecular flexibility index (Phi) is 27.6. The van der Waals surface area contributed by atoms with Gasteiger partial charge in [-0.15, -0.1) is 37.2 Å². The van der Waals surface area contributed by atoms with Crippen LogP contribution in [0.2, 0.25) is 0 Å². The maximum atomic E-state index is 14.3. The number of likely N-dealkylation sites (tertiary alicyclic amines) is 2. The van der Waals surface area contributed by atoms with E-state index < -0.39 is 64.6 Å². The maximum Gasteiger partial charge on any atom is 0.416 e. The second-order valence-corrected chi connectivity index (χ2v) is 26.6. The first-order valence-corrected chi connectivity index (χ1v) is 33.4. The van der Waals surface area contributed by atoms with E-state index in [9.17, 15) is 59.8 Å². The third-order valence-electron chi connectivity index (χ3n) is 19.4. The summed E-state index contributed by atoms with van der Waals surface area (Å²) in [6.07, 6.45) is -5.31. The fraction of sp³-hybridized carbons (Fsp3) is 0.465. The molecule has 17 nitrogen and oxygen atoms in total. The van der Waals surface area contributed by atoms with E-state index in [-0.39, 0.29) is 106 Å². The lowest BCUT2D eigenvalue weighted by molar-refractivity contribution is -0.143. The number of alkyl halides is 6. The molecule has 1 aliphatic carbocycles. The number of nitrogens with one attached hydrogen (secondary N) is 1. The van der Waals surface area contributed by atoms with Gasteiger partial charge in [0.15, 0.2) is 5.13 Å². The van der Waals surface area contributed by atoms with Crippen molar-refractivity contribution >= 4 is 89.1 Å². The van der Waals surface area contributed by atoms with Crippen molar-refractivity contribution in [3.05, 3.63) is 171 Å². The Hall–Kier alpha value is -7.10. The van der Waals surface area contributed by atoms with Crippen molar-refractivity contribution in [2.75, 3.05) is 117 Å². The average molecular weight is 1460 g/mol. The minimum absolute atomic E-state index is 0. The van der Waals surface area contributed by atoms with Gasteiger partial charge in [0.2, 0.25) is 11.8 Å². The van der Waals surface area contributed by atoms with E-state index in [1.54, 1.807) is 35.7 Å². The highest BCUT2D eigenvalue weighted by Crippen LogP contribution is 2.49. The number of rotatable bonds is 25. The van der Waals surface area contributed by atoms with Gasteiger partial charge in [-0.2, -0.15) is 26.3 Å². The molecule has 3 aliphatic heterocycles. The van der Waals surface area contributed by atoms with Crippen LogP contribution in [0.25, 0.3) is 11.1 Å². The number of para-hydroxylation sites is 1. The molecule has 0 saturated carbocycles. The van der Waals surface area contributed by atoms with Gasteiger partial charge in [-0.1, -0.05) is 103 Å². The number of hydrogen-bond donors (Lipinski definition) is 2. The molecule has 1 spiro atoms. The molecule has 3 saturated heterocycles. The summed E-state index contributed by atoms with van der Waals surface area (Å²) in [6.45, 7) is 6.40. The number of ether oxygens (including phenoxy) is 2. The number of likely N-dealkylation sites (N-methyl/N-ethyl adjacent to an activating group) is 3. The lowest BCUT2D eigenvalue weighted by Crippen LogP contribution is -2.50. The van der Waals surface area contributed by atoms with Gasteiger partial charge >= 0.3 is 18.4 Å². The first-order valence-electron chi connectivity index (χ1n) is 32.6. The van der Waals surface area contributed by atoms with E-state index in [2.05, 4.69) is 32.2 Å². The zero-order chi connectivity index (χ0) is 68.5. The third-order valence-corrected chi connectivity index (χ3v) is 20.5. The fourth-order valence-corrected chi connectivity index (χ4v) is 14.7. The Balaban J connectivity index is 0.00000459. The molecule has 0 bridgehead atoms. The van der Waals surface area contributed by atoms with E-state index in [1.165, 1.54) is 40.5 Å². The lowest BCUT2D eigenvalue weighted by atomic mass is 9.72. The quantitative estimate of drug-likeness (QED) is 0.0411. The SMILES string of the molecule is Cc1nc(NCCCCCC(=O)N(C)CCN2CCC(N(C(=O)O)c3ccccc3-c3ccccc3)CC2)sc1C(=O)N(C)CCN(C)C(=O)CO[C@H]1Cc2ccccc2C12CCN(CC[C@]1(c3ccc(F)cc3)CN(C(=O)c3cc(C(F)(F)F)cc(C(F)(F)F)c3)CO1)CC2.Cl.Cl.Cl. The monoisotopic (exact) mass is 1460 g/mol. The summed E-state index contributed by atoms with van der Waals surface area (Å²) in [5.74, 6) is -2.01. The fourth-order valence-electron chi connectivity index (χ4n) is 13.7. The van der Waals surface area contributed by atoms with Crippen LogP contribution in [0.1, 0.15) is 111 Å². The topological polar surface area (TPSA) is 172 Å². The molecule has 28 heteroatoms. The highest BCUT2D eigenvalue weighted by molar-refractivity contribution is 7.17. The standard InChI is InChI=1S/C71H82F7N9O8S.3ClH/c1-48-63(96-66(80-48)79-31-14-6-9-21-61(88)81(2)39-40-84-32-26-56(27-33-84)87(67(92)93)59-20-13-11-18-57(59)49-15-7-5-8-16-49)65(91)83(4)38-37-82(3)62(89)45-94-60-43-50-17-10-12-19-58(50)68(60)28-34-85(35-29-68)36-30-69(52-22-24-55(72)25-23-52)46-86(47-95-69)64(90)51-41-53(70(73,74)75)44-54(42-51)71(76,77)78;;;/h5,7-8,10-13,15-20,22-25,41-42,44,56,60H,6,9,14,21,26-40,43,45-47H2,1-4H3,(H,79,80)(H,92,93);3*1H/t60-,69+;;;/m0.../s1. The lowest BCUT2D eigenvalue weighted by Gasteiger charge is -2.44. The molecule has 5 amide bonds. The predicted molar refractivity (Wildman–Crippen MR) is 373 cm³/mol. The van der Waals surface area contributed by atoms with Crippen LogP contribution in [-0.4, -0.2) is 188 Å². The molecule has 1 aromatic heterocycles. The zero-order valence-corrected chi connectivity index (χ0v) is 58.9. The van der Waals surface area contributed by atoms with Crippen molar-refractivity contribution in [2.45, 2.75) is 107 Å². The number of aromatic nitrogens is 1. The summed E-state index contributed by atoms with van der Waals surface area (Å²) < 4.78 is 110. The first-order chi connectivity index (χ1) is 45.8. The Bertz CT molecular complexity index is 3680. The van der Waals surface area contributed by atoms with E-state index in [1.807, 2.05) is 73.8 Å². The number of hydrogen-bond acceptors (Lipinski definition) is 12. The largest absolute Gasteiger partial charge is 0.465 e. The minimum Gasteiger partial charge on any atom is -0.465 e. The summed E-state index contributed by atoms with van der Waals surface area (Å²) in [5, 5.41) is 14.3. The molecule has 99 heavy (non-hydrogen) atoms. The molecule has 2 atom stereocenters. The number of piperidine rings is 2. The van der Waals surface area contributed by atoms with Gasteiger partial charge in [-0.3, -0.25) is 24.1 Å². The van der Waals surface area contributed by atoms with Gasteiger partial charge in [0, 0.05) is 103 Å². The Morgan fingerprint density at radius 1 is 0.727 bits per heavy atom. The van der Waals surface area contributed by atoms with Crippen molar-refractivity contribution in [3.63, 3.8) is 0 Å². The number of unbranched alkanes of at least 4 members (excludes halogenated alkanes) is 2. The van der Waals surface area contributed by atoms with Crippen molar-refractivity contribution in [2.24, 2.45) is 0 Å². The molecule has 6 aromatic rings. The van der Waals surface area contributed by atoms with Crippen LogP contribution in [0, 0.1) is 12.7 Å². The third kappa shape index (κ3) is 19.1. The predicted octanol–water partition coefficient (Wildman–Crippen LogP) is 13.6. The molecular weight excluding hydrogens is 1380 g/mol. The Morgan fingerprint density at radius 2 is 1.34 bits per heavy atom. The van der Waals surface area contributed by atoms with Crippen molar-refractivity contribution in [1.29, 1.82) is 0 Å². The summed E-state index contributed by atoms with van der Waals surface area (Å²) in [7, 11) is 5.18. The zero-order valence-electron chi connectivity index (χ0n) is 55.6. The minimum atomic E-state index is -5.15. The summed E-state index contributed by atoms with van der Waals surface area (Å²) in [4.78, 5) is 84.1. The second kappa shape index (κ2) is 34.5. The van der Waals surface area contributed by atoms with Crippen LogP contribution < -0.4 is 10.2 Å². The maximum absolute atomic E-state index is 14.3. The normalized spacial score (nSPS) is 17.8. The van der Waals surface area contributed by atoms with Crippen molar-refractivity contribution in [3.8, 4) is 11.1 Å². The number of amides is 5.